The highest BCUT2D eigenvalue weighted by molar-refractivity contribution is 7.11. The van der Waals surface area contributed by atoms with Crippen LogP contribution in [-0.2, 0) is 11.2 Å². The van der Waals surface area contributed by atoms with Crippen molar-refractivity contribution in [2.75, 3.05) is 7.11 Å². The van der Waals surface area contributed by atoms with Gasteiger partial charge in [-0.15, -0.1) is 11.3 Å². The maximum Gasteiger partial charge on any atom is 0.240 e. The minimum Gasteiger partial charge on any atom is -0.497 e. The Balaban J connectivity index is 1.66. The first-order chi connectivity index (χ1) is 10.3. The number of rotatable bonds is 7. The maximum atomic E-state index is 11.6. The van der Waals surface area contributed by atoms with Crippen LogP contribution in [-0.4, -0.2) is 19.2 Å². The fourth-order valence-corrected chi connectivity index (χ4v) is 2.42. The molecule has 0 aliphatic heterocycles. The molecule has 0 saturated carbocycles. The fourth-order valence-electron chi connectivity index (χ4n) is 1.83. The number of ether oxygens (including phenoxy) is 1. The lowest BCUT2D eigenvalue weighted by Crippen LogP contribution is -2.17. The van der Waals surface area contributed by atoms with Crippen LogP contribution in [0, 0.1) is 0 Å². The van der Waals surface area contributed by atoms with Crippen molar-refractivity contribution in [2.45, 2.75) is 19.3 Å². The predicted octanol–water partition coefficient (Wildman–Crippen LogP) is 3.23. The van der Waals surface area contributed by atoms with E-state index < -0.39 is 0 Å². The highest BCUT2D eigenvalue weighted by Gasteiger charge is 2.01. The molecule has 0 saturated heterocycles. The third kappa shape index (κ3) is 5.39. The van der Waals surface area contributed by atoms with E-state index >= 15 is 0 Å². The lowest BCUT2D eigenvalue weighted by atomic mass is 10.1. The molecule has 2 rings (SSSR count). The number of nitrogens with one attached hydrogen (secondary N) is 1. The average Bonchev–Trinajstić information content (AvgIpc) is 3.01. The summed E-state index contributed by atoms with van der Waals surface area (Å²) in [7, 11) is 1.65. The molecule has 0 radical (unpaired) electrons. The summed E-state index contributed by atoms with van der Waals surface area (Å²) < 4.78 is 5.11. The van der Waals surface area contributed by atoms with Crippen molar-refractivity contribution in [3.63, 3.8) is 0 Å². The average molecular weight is 302 g/mol. The molecule has 0 aliphatic rings. The lowest BCUT2D eigenvalue weighted by molar-refractivity contribution is -0.121. The van der Waals surface area contributed by atoms with Crippen LogP contribution in [0.1, 0.15) is 23.3 Å². The minimum absolute atomic E-state index is 0.0590. The van der Waals surface area contributed by atoms with Crippen molar-refractivity contribution in [1.29, 1.82) is 0 Å². The van der Waals surface area contributed by atoms with Crippen LogP contribution in [0.25, 0.3) is 0 Å². The van der Waals surface area contributed by atoms with Gasteiger partial charge in [0, 0.05) is 11.3 Å². The molecular weight excluding hydrogens is 284 g/mol. The summed E-state index contributed by atoms with van der Waals surface area (Å²) >= 11 is 1.58. The van der Waals surface area contributed by atoms with Gasteiger partial charge in [-0.1, -0.05) is 18.2 Å². The molecule has 110 valence electrons. The molecule has 0 bridgehead atoms. The summed E-state index contributed by atoms with van der Waals surface area (Å²) in [4.78, 5) is 12.6. The Kier molecular flexibility index (Phi) is 5.97. The summed E-state index contributed by atoms with van der Waals surface area (Å²) in [6.07, 6.45) is 3.79. The van der Waals surface area contributed by atoms with Gasteiger partial charge in [-0.2, -0.15) is 5.10 Å². The maximum absolute atomic E-state index is 11.6. The van der Waals surface area contributed by atoms with Gasteiger partial charge >= 0.3 is 0 Å². The van der Waals surface area contributed by atoms with E-state index in [4.69, 9.17) is 4.74 Å². The van der Waals surface area contributed by atoms with Crippen LogP contribution >= 0.6 is 11.3 Å². The number of methoxy groups -OCH3 is 1. The van der Waals surface area contributed by atoms with E-state index in [9.17, 15) is 4.79 Å². The van der Waals surface area contributed by atoms with Crippen molar-refractivity contribution < 1.29 is 9.53 Å². The van der Waals surface area contributed by atoms with Crippen LogP contribution in [0.4, 0.5) is 0 Å². The highest BCUT2D eigenvalue weighted by atomic mass is 32.1. The predicted molar refractivity (Wildman–Crippen MR) is 86.0 cm³/mol. The molecule has 1 aromatic heterocycles. The zero-order valence-electron chi connectivity index (χ0n) is 11.9. The smallest absolute Gasteiger partial charge is 0.240 e. The number of thiophene rings is 1. The highest BCUT2D eigenvalue weighted by Crippen LogP contribution is 2.13. The van der Waals surface area contributed by atoms with Gasteiger partial charge in [0.05, 0.1) is 13.3 Å². The molecule has 0 spiro atoms. The fraction of sp³-hybridized carbons (Fsp3) is 0.250. The van der Waals surface area contributed by atoms with E-state index in [1.54, 1.807) is 24.7 Å². The summed E-state index contributed by atoms with van der Waals surface area (Å²) in [6, 6.07) is 11.8. The zero-order valence-corrected chi connectivity index (χ0v) is 12.7. The molecule has 0 unspecified atom stereocenters. The number of amides is 1. The number of aryl methyl sites for hydroxylation is 1. The van der Waals surface area contributed by atoms with Gasteiger partial charge in [0.1, 0.15) is 5.75 Å². The largest absolute Gasteiger partial charge is 0.497 e. The monoisotopic (exact) mass is 302 g/mol. The zero-order chi connectivity index (χ0) is 14.9. The Hall–Kier alpha value is -2.14. The first-order valence-corrected chi connectivity index (χ1v) is 7.64. The van der Waals surface area contributed by atoms with Gasteiger partial charge in [0.25, 0.3) is 0 Å². The number of hydrogen-bond donors (Lipinski definition) is 1. The van der Waals surface area contributed by atoms with Crippen molar-refractivity contribution in [3.05, 3.63) is 52.2 Å². The summed E-state index contributed by atoms with van der Waals surface area (Å²) in [5.41, 5.74) is 3.74. The first-order valence-electron chi connectivity index (χ1n) is 6.76. The molecule has 0 fully saturated rings. The Bertz CT molecular complexity index is 577. The molecule has 0 atom stereocenters. The molecule has 1 heterocycles. The van der Waals surface area contributed by atoms with E-state index in [0.717, 1.165) is 23.5 Å². The van der Waals surface area contributed by atoms with Gasteiger partial charge in [-0.3, -0.25) is 4.79 Å². The van der Waals surface area contributed by atoms with E-state index in [0.29, 0.717) is 6.42 Å². The van der Waals surface area contributed by atoms with E-state index in [2.05, 4.69) is 10.5 Å². The second kappa shape index (κ2) is 8.21. The van der Waals surface area contributed by atoms with E-state index in [1.807, 2.05) is 41.8 Å². The van der Waals surface area contributed by atoms with Gasteiger partial charge in [-0.05, 0) is 42.0 Å². The van der Waals surface area contributed by atoms with Crippen LogP contribution in [0.5, 0.6) is 5.75 Å². The molecular formula is C16H18N2O2S. The number of benzene rings is 1. The molecule has 1 aromatic carbocycles. The Morgan fingerprint density at radius 1 is 1.33 bits per heavy atom. The molecule has 5 heteroatoms. The van der Waals surface area contributed by atoms with Crippen LogP contribution in [0.3, 0.4) is 0 Å². The lowest BCUT2D eigenvalue weighted by Gasteiger charge is -2.03. The van der Waals surface area contributed by atoms with Gasteiger partial charge in [0.15, 0.2) is 0 Å². The standard InChI is InChI=1S/C16H18N2O2S/c1-20-14-9-7-13(8-10-14)4-2-6-16(19)18-17-12-15-5-3-11-21-15/h3,5,7-12H,2,4,6H2,1H3,(H,18,19). The van der Waals surface area contributed by atoms with Crippen LogP contribution < -0.4 is 10.2 Å². The van der Waals surface area contributed by atoms with Crippen molar-refractivity contribution in [2.24, 2.45) is 5.10 Å². The number of hydrogen-bond acceptors (Lipinski definition) is 4. The first kappa shape index (κ1) is 15.3. The van der Waals surface area contributed by atoms with Crippen LogP contribution in [0.2, 0.25) is 0 Å². The number of nitrogens with zero attached hydrogens (tertiary/aromatic N) is 1. The topological polar surface area (TPSA) is 50.7 Å². The third-order valence-corrected chi connectivity index (χ3v) is 3.76. The number of carbonyl (C=O) groups is 1. The van der Waals surface area contributed by atoms with Crippen molar-refractivity contribution in [1.82, 2.24) is 5.43 Å². The van der Waals surface area contributed by atoms with E-state index in [1.165, 1.54) is 5.56 Å². The van der Waals surface area contributed by atoms with Crippen LogP contribution in [0.15, 0.2) is 46.9 Å². The molecule has 4 nitrogen and oxygen atoms in total. The SMILES string of the molecule is COc1ccc(CCCC(=O)NN=Cc2cccs2)cc1. The van der Waals surface area contributed by atoms with Gasteiger partial charge < -0.3 is 4.74 Å². The normalized spacial score (nSPS) is 10.7. The molecule has 1 N–H and O–H groups in total. The van der Waals surface area contributed by atoms with Crippen molar-refractivity contribution >= 4 is 23.5 Å². The molecule has 2 aromatic rings. The molecule has 21 heavy (non-hydrogen) atoms. The third-order valence-electron chi connectivity index (χ3n) is 2.95. The minimum atomic E-state index is -0.0590. The van der Waals surface area contributed by atoms with Gasteiger partial charge in [-0.25, -0.2) is 5.43 Å². The van der Waals surface area contributed by atoms with Crippen molar-refractivity contribution in [3.8, 4) is 5.75 Å². The Labute approximate surface area is 128 Å². The molecule has 0 aliphatic carbocycles. The second-order valence-corrected chi connectivity index (χ2v) is 5.49. The van der Waals surface area contributed by atoms with E-state index in [-0.39, 0.29) is 5.91 Å². The summed E-state index contributed by atoms with van der Waals surface area (Å²) in [5.74, 6) is 0.788. The summed E-state index contributed by atoms with van der Waals surface area (Å²) in [5, 5.41) is 5.90. The number of carbonyl (C=O) groups excluding carboxylic acids is 1. The second-order valence-electron chi connectivity index (χ2n) is 4.51. The number of hydrazone groups is 1. The van der Waals surface area contributed by atoms with Gasteiger partial charge in [0.2, 0.25) is 5.91 Å². The molecule has 1 amide bonds. The Morgan fingerprint density at radius 2 is 2.14 bits per heavy atom. The Morgan fingerprint density at radius 3 is 2.81 bits per heavy atom. The quantitative estimate of drug-likeness (QED) is 0.630. The summed E-state index contributed by atoms with van der Waals surface area (Å²) in [6.45, 7) is 0.